The summed E-state index contributed by atoms with van der Waals surface area (Å²) in [6.07, 6.45) is 0.573. The molecule has 7 amide bonds. The minimum absolute atomic E-state index is 0.134. The Kier molecular flexibility index (Phi) is 18.4. The fourth-order valence-electron chi connectivity index (χ4n) is 2.83. The number of carboxylic acid groups (broad SMARTS) is 1. The molecule has 0 aromatic rings. The van der Waals surface area contributed by atoms with Gasteiger partial charge in [-0.1, -0.05) is 0 Å². The minimum Gasteiger partial charge on any atom is -0.481 e. The summed E-state index contributed by atoms with van der Waals surface area (Å²) in [4.78, 5) is 93.6. The zero-order valence-corrected chi connectivity index (χ0v) is 23.2. The van der Waals surface area contributed by atoms with Crippen LogP contribution in [-0.2, 0) is 38.4 Å². The van der Waals surface area contributed by atoms with Crippen LogP contribution in [0.2, 0.25) is 0 Å². The van der Waals surface area contributed by atoms with Crippen molar-refractivity contribution in [3.63, 3.8) is 0 Å². The van der Waals surface area contributed by atoms with Crippen LogP contribution in [0.15, 0.2) is 0 Å². The van der Waals surface area contributed by atoms with E-state index in [4.69, 9.17) is 16.6 Å². The number of carbonyl (C=O) groups is 8. The molecule has 0 saturated carbocycles. The fourth-order valence-corrected chi connectivity index (χ4v) is 2.83. The Morgan fingerprint density at radius 3 is 1.54 bits per heavy atom. The SMILES string of the molecule is CC(N)C(=O)NCC(=O)NCC(=O)NCCCCC(NC(=O)CNC(=O)CNC(=O)C(C)N)C(=O)NCCC(=O)O. The van der Waals surface area contributed by atoms with Crippen molar-refractivity contribution in [3.05, 3.63) is 0 Å². The molecule has 0 fully saturated rings. The van der Waals surface area contributed by atoms with Crippen molar-refractivity contribution in [3.8, 4) is 0 Å². The summed E-state index contributed by atoms with van der Waals surface area (Å²) in [6.45, 7) is 1.40. The number of carboxylic acids is 1. The number of carbonyl (C=O) groups excluding carboxylic acids is 7. The van der Waals surface area contributed by atoms with Gasteiger partial charge >= 0.3 is 5.97 Å². The van der Waals surface area contributed by atoms with Crippen molar-refractivity contribution in [2.45, 2.75) is 57.7 Å². The molecule has 0 saturated heterocycles. The molecule has 0 radical (unpaired) electrons. The average molecular weight is 588 g/mol. The molecule has 0 aromatic carbocycles. The van der Waals surface area contributed by atoms with Gasteiger partial charge in [-0.15, -0.1) is 0 Å². The second-order valence-electron chi connectivity index (χ2n) is 8.97. The maximum Gasteiger partial charge on any atom is 0.305 e. The molecule has 12 N–H and O–H groups in total. The van der Waals surface area contributed by atoms with Crippen molar-refractivity contribution >= 4 is 47.3 Å². The van der Waals surface area contributed by atoms with Crippen molar-refractivity contribution in [1.29, 1.82) is 0 Å². The predicted molar refractivity (Wildman–Crippen MR) is 143 cm³/mol. The smallest absolute Gasteiger partial charge is 0.305 e. The fraction of sp³-hybridized carbons (Fsp3) is 0.652. The second kappa shape index (κ2) is 20.6. The third-order valence-corrected chi connectivity index (χ3v) is 5.10. The normalized spacial score (nSPS) is 12.5. The summed E-state index contributed by atoms with van der Waals surface area (Å²) in [5.41, 5.74) is 10.7. The van der Waals surface area contributed by atoms with E-state index in [9.17, 15) is 38.4 Å². The lowest BCUT2D eigenvalue weighted by molar-refractivity contribution is -0.137. The number of amides is 7. The molecule has 0 aliphatic heterocycles. The first kappa shape index (κ1) is 36.7. The molecule has 18 nitrogen and oxygen atoms in total. The molecule has 0 bridgehead atoms. The van der Waals surface area contributed by atoms with Gasteiger partial charge in [0, 0.05) is 13.1 Å². The molecule has 3 unspecified atom stereocenters. The quantitative estimate of drug-likeness (QED) is 0.0599. The molecule has 232 valence electrons. The molecule has 0 spiro atoms. The van der Waals surface area contributed by atoms with Crippen LogP contribution in [0.4, 0.5) is 0 Å². The third-order valence-electron chi connectivity index (χ3n) is 5.10. The monoisotopic (exact) mass is 587 g/mol. The van der Waals surface area contributed by atoms with Gasteiger partial charge in [-0.05, 0) is 33.1 Å². The Morgan fingerprint density at radius 1 is 0.585 bits per heavy atom. The van der Waals surface area contributed by atoms with Crippen LogP contribution in [0.1, 0.15) is 39.5 Å². The third kappa shape index (κ3) is 19.4. The topological polar surface area (TPSA) is 293 Å². The van der Waals surface area contributed by atoms with Crippen molar-refractivity contribution in [2.75, 3.05) is 39.3 Å². The Morgan fingerprint density at radius 2 is 1.05 bits per heavy atom. The van der Waals surface area contributed by atoms with E-state index in [0.29, 0.717) is 12.8 Å². The molecule has 0 rings (SSSR count). The van der Waals surface area contributed by atoms with Crippen LogP contribution in [0, 0.1) is 0 Å². The van der Waals surface area contributed by atoms with E-state index in [1.54, 1.807) is 0 Å². The molecule has 0 aliphatic carbocycles. The molecule has 18 heteroatoms. The number of hydrogen-bond donors (Lipinski definition) is 10. The summed E-state index contributed by atoms with van der Waals surface area (Å²) in [5, 5.41) is 25.4. The van der Waals surface area contributed by atoms with E-state index in [0.717, 1.165) is 0 Å². The number of rotatable bonds is 20. The molecule has 41 heavy (non-hydrogen) atoms. The highest BCUT2D eigenvalue weighted by Gasteiger charge is 2.21. The summed E-state index contributed by atoms with van der Waals surface area (Å²) in [5.74, 6) is -5.22. The maximum absolute atomic E-state index is 12.5. The summed E-state index contributed by atoms with van der Waals surface area (Å²) in [6, 6.07) is -2.64. The first-order valence-corrected chi connectivity index (χ1v) is 12.9. The Balaban J connectivity index is 4.56. The van der Waals surface area contributed by atoms with Crippen molar-refractivity contribution < 1.29 is 43.5 Å². The molecule has 0 aromatic heterocycles. The number of hydrogen-bond acceptors (Lipinski definition) is 10. The van der Waals surface area contributed by atoms with Crippen molar-refractivity contribution in [1.82, 2.24) is 37.2 Å². The van der Waals surface area contributed by atoms with Gasteiger partial charge < -0.3 is 53.8 Å². The summed E-state index contributed by atoms with van der Waals surface area (Å²) in [7, 11) is 0. The van der Waals surface area contributed by atoms with Gasteiger partial charge in [-0.25, -0.2) is 0 Å². The maximum atomic E-state index is 12.5. The highest BCUT2D eigenvalue weighted by molar-refractivity contribution is 5.92. The first-order chi connectivity index (χ1) is 19.2. The molecule has 0 aliphatic rings. The minimum atomic E-state index is -1.12. The lowest BCUT2D eigenvalue weighted by atomic mass is 10.1. The number of nitrogens with two attached hydrogens (primary N) is 2. The zero-order valence-electron chi connectivity index (χ0n) is 23.2. The number of unbranched alkanes of at least 4 members (excludes halogenated alkanes) is 1. The summed E-state index contributed by atoms with van der Waals surface area (Å²) < 4.78 is 0. The van der Waals surface area contributed by atoms with Gasteiger partial charge in [-0.3, -0.25) is 38.4 Å². The van der Waals surface area contributed by atoms with E-state index >= 15 is 0 Å². The largest absolute Gasteiger partial charge is 0.481 e. The van der Waals surface area contributed by atoms with Crippen LogP contribution in [0.5, 0.6) is 0 Å². The second-order valence-corrected chi connectivity index (χ2v) is 8.97. The molecular formula is C23H41N9O9. The Hall–Kier alpha value is -4.32. The van der Waals surface area contributed by atoms with Crippen LogP contribution in [0.25, 0.3) is 0 Å². The van der Waals surface area contributed by atoms with Crippen LogP contribution < -0.4 is 48.7 Å². The zero-order chi connectivity index (χ0) is 31.4. The Bertz CT molecular complexity index is 942. The average Bonchev–Trinajstić information content (AvgIpc) is 2.90. The predicted octanol–water partition coefficient (Wildman–Crippen LogP) is -5.49. The van der Waals surface area contributed by atoms with E-state index < -0.39 is 78.5 Å². The number of nitrogens with one attached hydrogen (secondary N) is 7. The molecule has 3 atom stereocenters. The van der Waals surface area contributed by atoms with Gasteiger partial charge in [0.05, 0.1) is 44.7 Å². The Labute approximate surface area is 236 Å². The van der Waals surface area contributed by atoms with Crippen LogP contribution in [-0.4, -0.2) is 110 Å². The lowest BCUT2D eigenvalue weighted by Gasteiger charge is -2.19. The first-order valence-electron chi connectivity index (χ1n) is 12.9. The van der Waals surface area contributed by atoms with Crippen LogP contribution >= 0.6 is 0 Å². The van der Waals surface area contributed by atoms with Gasteiger partial charge in [0.15, 0.2) is 0 Å². The van der Waals surface area contributed by atoms with Gasteiger partial charge in [0.1, 0.15) is 6.04 Å². The van der Waals surface area contributed by atoms with E-state index in [1.807, 2.05) is 0 Å². The standard InChI is InChI=1S/C23H41N9O9/c1-13(24)21(39)30-10-17(34)28-9-16(33)26-7-4-3-5-15(23(41)27-8-6-20(37)38)32-19(36)12-29-18(35)11-31-22(40)14(2)25/h13-15H,3-12,24-25H2,1-2H3,(H,26,33)(H,27,41)(H,28,34)(H,29,35)(H,30,39)(H,31,40)(H,32,36)(H,37,38). The highest BCUT2D eigenvalue weighted by atomic mass is 16.4. The molecular weight excluding hydrogens is 546 g/mol. The highest BCUT2D eigenvalue weighted by Crippen LogP contribution is 2.02. The van der Waals surface area contributed by atoms with Gasteiger partial charge in [0.2, 0.25) is 41.4 Å². The lowest BCUT2D eigenvalue weighted by Crippen LogP contribution is -2.50. The summed E-state index contributed by atoms with van der Waals surface area (Å²) >= 11 is 0. The van der Waals surface area contributed by atoms with E-state index in [1.165, 1.54) is 13.8 Å². The van der Waals surface area contributed by atoms with Crippen molar-refractivity contribution in [2.24, 2.45) is 11.5 Å². The van der Waals surface area contributed by atoms with Gasteiger partial charge in [-0.2, -0.15) is 0 Å². The van der Waals surface area contributed by atoms with Crippen LogP contribution in [0.3, 0.4) is 0 Å². The van der Waals surface area contributed by atoms with Gasteiger partial charge in [0.25, 0.3) is 0 Å². The van der Waals surface area contributed by atoms with E-state index in [-0.39, 0.29) is 39.0 Å². The van der Waals surface area contributed by atoms with E-state index in [2.05, 4.69) is 37.2 Å². The number of aliphatic carboxylic acids is 1. The molecule has 0 heterocycles.